The highest BCUT2D eigenvalue weighted by Crippen LogP contribution is 2.42. The molecule has 0 saturated carbocycles. The van der Waals surface area contributed by atoms with E-state index in [9.17, 15) is 10.1 Å². The molecule has 6 nitrogen and oxygen atoms in total. The van der Waals surface area contributed by atoms with Crippen molar-refractivity contribution in [2.45, 2.75) is 0 Å². The van der Waals surface area contributed by atoms with Crippen molar-refractivity contribution in [3.63, 3.8) is 0 Å². The molecular formula is C15H15NO5. The molecule has 0 heterocycles. The van der Waals surface area contributed by atoms with Gasteiger partial charge in [-0.2, -0.15) is 0 Å². The van der Waals surface area contributed by atoms with Crippen LogP contribution in [0.2, 0.25) is 0 Å². The summed E-state index contributed by atoms with van der Waals surface area (Å²) in [5.74, 6) is 1.34. The molecule has 0 aliphatic carbocycles. The summed E-state index contributed by atoms with van der Waals surface area (Å²) in [5, 5.41) is 11.1. The van der Waals surface area contributed by atoms with Gasteiger partial charge in [-0.15, -0.1) is 0 Å². The van der Waals surface area contributed by atoms with Crippen molar-refractivity contribution in [3.8, 4) is 28.4 Å². The Bertz CT molecular complexity index is 644. The number of para-hydroxylation sites is 1. The summed E-state index contributed by atoms with van der Waals surface area (Å²) in [6.45, 7) is 0. The Morgan fingerprint density at radius 3 is 2.00 bits per heavy atom. The first-order chi connectivity index (χ1) is 10.1. The molecule has 0 aliphatic heterocycles. The quantitative estimate of drug-likeness (QED) is 0.624. The molecule has 0 N–H and O–H groups in total. The lowest BCUT2D eigenvalue weighted by Crippen LogP contribution is -1.97. The summed E-state index contributed by atoms with van der Waals surface area (Å²) in [6.07, 6.45) is 0. The van der Waals surface area contributed by atoms with Gasteiger partial charge in [0.15, 0.2) is 11.5 Å². The average molecular weight is 289 g/mol. The second kappa shape index (κ2) is 6.13. The van der Waals surface area contributed by atoms with Crippen molar-refractivity contribution >= 4 is 5.69 Å². The monoisotopic (exact) mass is 289 g/mol. The molecule has 0 bridgehead atoms. The van der Waals surface area contributed by atoms with E-state index in [0.717, 1.165) is 0 Å². The van der Waals surface area contributed by atoms with Crippen LogP contribution in [0.4, 0.5) is 5.69 Å². The highest BCUT2D eigenvalue weighted by Gasteiger charge is 2.19. The van der Waals surface area contributed by atoms with Gasteiger partial charge in [0.2, 0.25) is 5.75 Å². The van der Waals surface area contributed by atoms with Crippen LogP contribution in [0, 0.1) is 10.1 Å². The van der Waals surface area contributed by atoms with Gasteiger partial charge in [0.05, 0.1) is 31.8 Å². The minimum Gasteiger partial charge on any atom is -0.493 e. The standard InChI is InChI=1S/C15H15NO5/c1-19-13-8-10(9-14(20-2)15(13)21-3)11-6-4-5-7-12(11)16(17)18/h4-9H,1-3H3. The van der Waals surface area contributed by atoms with Crippen LogP contribution in [0.25, 0.3) is 11.1 Å². The maximum absolute atomic E-state index is 11.1. The highest BCUT2D eigenvalue weighted by molar-refractivity contribution is 5.77. The summed E-state index contributed by atoms with van der Waals surface area (Å²) < 4.78 is 15.8. The van der Waals surface area contributed by atoms with E-state index in [2.05, 4.69) is 0 Å². The molecule has 21 heavy (non-hydrogen) atoms. The second-order valence-electron chi connectivity index (χ2n) is 4.19. The van der Waals surface area contributed by atoms with Crippen LogP contribution >= 0.6 is 0 Å². The summed E-state index contributed by atoms with van der Waals surface area (Å²) in [4.78, 5) is 10.7. The molecule has 0 radical (unpaired) electrons. The topological polar surface area (TPSA) is 70.8 Å². The molecule has 2 aromatic rings. The van der Waals surface area contributed by atoms with E-state index in [1.54, 1.807) is 30.3 Å². The number of rotatable bonds is 5. The summed E-state index contributed by atoms with van der Waals surface area (Å²) in [6, 6.07) is 9.87. The number of hydrogen-bond acceptors (Lipinski definition) is 5. The maximum Gasteiger partial charge on any atom is 0.277 e. The number of nitrogens with zero attached hydrogens (tertiary/aromatic N) is 1. The number of methoxy groups -OCH3 is 3. The Kier molecular flexibility index (Phi) is 4.27. The Labute approximate surface area is 122 Å². The van der Waals surface area contributed by atoms with Crippen LogP contribution in [0.5, 0.6) is 17.2 Å². The van der Waals surface area contributed by atoms with E-state index in [4.69, 9.17) is 14.2 Å². The van der Waals surface area contributed by atoms with Crippen LogP contribution < -0.4 is 14.2 Å². The van der Waals surface area contributed by atoms with Crippen molar-refractivity contribution in [1.29, 1.82) is 0 Å². The smallest absolute Gasteiger partial charge is 0.277 e. The average Bonchev–Trinajstić information content (AvgIpc) is 2.53. The predicted molar refractivity (Wildman–Crippen MR) is 78.2 cm³/mol. The van der Waals surface area contributed by atoms with Crippen LogP contribution in [0.15, 0.2) is 36.4 Å². The van der Waals surface area contributed by atoms with Gasteiger partial charge in [0.1, 0.15) is 0 Å². The molecule has 110 valence electrons. The molecule has 0 aliphatic rings. The molecule has 2 aromatic carbocycles. The molecule has 0 atom stereocenters. The minimum atomic E-state index is -0.418. The SMILES string of the molecule is COc1cc(-c2ccccc2[N+](=O)[O-])cc(OC)c1OC. The van der Waals surface area contributed by atoms with Gasteiger partial charge >= 0.3 is 0 Å². The van der Waals surface area contributed by atoms with Crippen LogP contribution in [-0.4, -0.2) is 26.3 Å². The lowest BCUT2D eigenvalue weighted by atomic mass is 10.0. The first-order valence-corrected chi connectivity index (χ1v) is 6.16. The molecule has 0 amide bonds. The Hall–Kier alpha value is -2.76. The number of hydrogen-bond donors (Lipinski definition) is 0. The molecular weight excluding hydrogens is 274 g/mol. The van der Waals surface area contributed by atoms with Crippen molar-refractivity contribution < 1.29 is 19.1 Å². The van der Waals surface area contributed by atoms with E-state index in [1.807, 2.05) is 0 Å². The fourth-order valence-electron chi connectivity index (χ4n) is 2.11. The zero-order chi connectivity index (χ0) is 15.4. The number of nitro benzene ring substituents is 1. The zero-order valence-corrected chi connectivity index (χ0v) is 12.0. The summed E-state index contributed by atoms with van der Waals surface area (Å²) >= 11 is 0. The highest BCUT2D eigenvalue weighted by atomic mass is 16.6. The number of ether oxygens (including phenoxy) is 3. The first-order valence-electron chi connectivity index (χ1n) is 6.16. The van der Waals surface area contributed by atoms with Gasteiger partial charge < -0.3 is 14.2 Å². The lowest BCUT2D eigenvalue weighted by molar-refractivity contribution is -0.384. The van der Waals surface area contributed by atoms with Gasteiger partial charge in [-0.25, -0.2) is 0 Å². The molecule has 2 rings (SSSR count). The fourth-order valence-corrected chi connectivity index (χ4v) is 2.11. The Morgan fingerprint density at radius 1 is 0.952 bits per heavy atom. The Morgan fingerprint density at radius 2 is 1.52 bits per heavy atom. The van der Waals surface area contributed by atoms with Gasteiger partial charge in [-0.3, -0.25) is 10.1 Å². The van der Waals surface area contributed by atoms with Crippen LogP contribution in [0.1, 0.15) is 0 Å². The molecule has 0 aromatic heterocycles. The maximum atomic E-state index is 11.1. The number of nitro groups is 1. The van der Waals surface area contributed by atoms with Gasteiger partial charge in [-0.1, -0.05) is 12.1 Å². The van der Waals surface area contributed by atoms with Gasteiger partial charge in [0.25, 0.3) is 5.69 Å². The van der Waals surface area contributed by atoms with Gasteiger partial charge in [-0.05, 0) is 23.8 Å². The van der Waals surface area contributed by atoms with E-state index in [-0.39, 0.29) is 5.69 Å². The zero-order valence-electron chi connectivity index (χ0n) is 12.0. The van der Waals surface area contributed by atoms with Crippen molar-refractivity contribution in [2.24, 2.45) is 0 Å². The molecule has 0 unspecified atom stereocenters. The second-order valence-corrected chi connectivity index (χ2v) is 4.19. The predicted octanol–water partition coefficient (Wildman–Crippen LogP) is 3.29. The van der Waals surface area contributed by atoms with E-state index >= 15 is 0 Å². The first kappa shape index (κ1) is 14.6. The van der Waals surface area contributed by atoms with Gasteiger partial charge in [0, 0.05) is 6.07 Å². The number of benzene rings is 2. The third-order valence-electron chi connectivity index (χ3n) is 3.08. The van der Waals surface area contributed by atoms with E-state index < -0.39 is 4.92 Å². The molecule has 6 heteroatoms. The van der Waals surface area contributed by atoms with E-state index in [1.165, 1.54) is 27.4 Å². The van der Waals surface area contributed by atoms with Crippen LogP contribution in [-0.2, 0) is 0 Å². The lowest BCUT2D eigenvalue weighted by Gasteiger charge is -2.14. The molecule has 0 spiro atoms. The molecule has 0 fully saturated rings. The normalized spacial score (nSPS) is 10.0. The summed E-state index contributed by atoms with van der Waals surface area (Å²) in [7, 11) is 4.51. The van der Waals surface area contributed by atoms with E-state index in [0.29, 0.717) is 28.4 Å². The third-order valence-corrected chi connectivity index (χ3v) is 3.08. The third kappa shape index (κ3) is 2.74. The van der Waals surface area contributed by atoms with Crippen LogP contribution in [0.3, 0.4) is 0 Å². The van der Waals surface area contributed by atoms with Crippen molar-refractivity contribution in [3.05, 3.63) is 46.5 Å². The van der Waals surface area contributed by atoms with Crippen molar-refractivity contribution in [2.75, 3.05) is 21.3 Å². The fraction of sp³-hybridized carbons (Fsp3) is 0.200. The minimum absolute atomic E-state index is 0.0202. The molecule has 0 saturated heterocycles. The van der Waals surface area contributed by atoms with Crippen molar-refractivity contribution in [1.82, 2.24) is 0 Å². The summed E-state index contributed by atoms with van der Waals surface area (Å²) in [5.41, 5.74) is 1.13. The Balaban J connectivity index is 2.68. The largest absolute Gasteiger partial charge is 0.493 e.